The minimum absolute atomic E-state index is 0.303. The summed E-state index contributed by atoms with van der Waals surface area (Å²) in [6.07, 6.45) is 0.532. The molecule has 2 atom stereocenters. The fourth-order valence-electron chi connectivity index (χ4n) is 1.65. The predicted octanol–water partition coefficient (Wildman–Crippen LogP) is 1.79. The third-order valence-corrected chi connectivity index (χ3v) is 2.64. The van der Waals surface area contributed by atoms with Crippen LogP contribution in [0.4, 0.5) is 0 Å². The second kappa shape index (κ2) is 4.99. The van der Waals surface area contributed by atoms with E-state index >= 15 is 0 Å². The molecule has 0 amide bonds. The quantitative estimate of drug-likeness (QED) is 0.588. The monoisotopic (exact) mass is 234 g/mol. The minimum atomic E-state index is -0.353. The van der Waals surface area contributed by atoms with E-state index in [4.69, 9.17) is 9.47 Å². The number of rotatable bonds is 4. The fraction of sp³-hybridized carbons (Fsp3) is 0.385. The van der Waals surface area contributed by atoms with Gasteiger partial charge in [-0.15, -0.1) is 0 Å². The largest absolute Gasteiger partial charge is 0.466 e. The summed E-state index contributed by atoms with van der Waals surface area (Å²) in [6, 6.07) is 8.84. The van der Waals surface area contributed by atoms with E-state index < -0.39 is 0 Å². The SMILES string of the molecule is CCOC(=O)[C@H]1C[C@@H]1C(=O)Oc1ccccc1. The molecule has 0 aliphatic heterocycles. The maximum atomic E-state index is 11.7. The normalized spacial score (nSPS) is 21.7. The van der Waals surface area contributed by atoms with Gasteiger partial charge in [0.25, 0.3) is 0 Å². The number of carbonyl (C=O) groups is 2. The number of hydrogen-bond acceptors (Lipinski definition) is 4. The van der Waals surface area contributed by atoms with Crippen LogP contribution in [-0.2, 0) is 14.3 Å². The molecule has 2 rings (SSSR count). The van der Waals surface area contributed by atoms with E-state index in [0.29, 0.717) is 18.8 Å². The lowest BCUT2D eigenvalue weighted by Gasteiger charge is -2.03. The van der Waals surface area contributed by atoms with Crippen LogP contribution in [-0.4, -0.2) is 18.5 Å². The Balaban J connectivity index is 1.85. The van der Waals surface area contributed by atoms with E-state index in [1.807, 2.05) is 6.07 Å². The standard InChI is InChI=1S/C13H14O4/c1-2-16-12(14)10-8-11(10)13(15)17-9-6-4-3-5-7-9/h3-7,10-11H,2,8H2,1H3/t10-,11-/m0/s1. The van der Waals surface area contributed by atoms with Crippen molar-refractivity contribution in [2.75, 3.05) is 6.61 Å². The molecule has 0 spiro atoms. The maximum absolute atomic E-state index is 11.7. The number of esters is 2. The van der Waals surface area contributed by atoms with Gasteiger partial charge in [-0.3, -0.25) is 9.59 Å². The predicted molar refractivity (Wildman–Crippen MR) is 60.3 cm³/mol. The Labute approximate surface area is 99.5 Å². The molecule has 1 aromatic carbocycles. The maximum Gasteiger partial charge on any atom is 0.315 e. The van der Waals surface area contributed by atoms with Crippen molar-refractivity contribution in [3.8, 4) is 5.75 Å². The highest BCUT2D eigenvalue weighted by Gasteiger charge is 2.50. The molecule has 4 nitrogen and oxygen atoms in total. The van der Waals surface area contributed by atoms with Gasteiger partial charge in [0.05, 0.1) is 18.4 Å². The van der Waals surface area contributed by atoms with Crippen molar-refractivity contribution < 1.29 is 19.1 Å². The minimum Gasteiger partial charge on any atom is -0.466 e. The summed E-state index contributed by atoms with van der Waals surface area (Å²) in [4.78, 5) is 23.0. The van der Waals surface area contributed by atoms with Crippen LogP contribution in [0.3, 0.4) is 0 Å². The molecule has 0 radical (unpaired) electrons. The summed E-state index contributed by atoms with van der Waals surface area (Å²) in [5, 5.41) is 0. The van der Waals surface area contributed by atoms with Crippen LogP contribution in [0, 0.1) is 11.8 Å². The highest BCUT2D eigenvalue weighted by Crippen LogP contribution is 2.40. The molecule has 1 aliphatic rings. The molecule has 0 saturated heterocycles. The Bertz CT molecular complexity index is 413. The molecule has 0 bridgehead atoms. The summed E-state index contributed by atoms with van der Waals surface area (Å²) in [7, 11) is 0. The molecule has 1 saturated carbocycles. The van der Waals surface area contributed by atoms with Gasteiger partial charge in [-0.2, -0.15) is 0 Å². The molecule has 1 aliphatic carbocycles. The third kappa shape index (κ3) is 2.84. The smallest absolute Gasteiger partial charge is 0.315 e. The molecule has 17 heavy (non-hydrogen) atoms. The zero-order chi connectivity index (χ0) is 12.3. The van der Waals surface area contributed by atoms with Crippen molar-refractivity contribution in [3.05, 3.63) is 30.3 Å². The summed E-state index contributed by atoms with van der Waals surface area (Å²) < 4.78 is 10.00. The lowest BCUT2D eigenvalue weighted by molar-refractivity contribution is -0.147. The molecule has 0 heterocycles. The van der Waals surface area contributed by atoms with Crippen LogP contribution in [0.25, 0.3) is 0 Å². The van der Waals surface area contributed by atoms with Gasteiger partial charge in [0.15, 0.2) is 0 Å². The second-order valence-corrected chi connectivity index (χ2v) is 3.93. The van der Waals surface area contributed by atoms with Crippen molar-refractivity contribution in [2.45, 2.75) is 13.3 Å². The summed E-state index contributed by atoms with van der Waals surface area (Å²) >= 11 is 0. The van der Waals surface area contributed by atoms with E-state index in [0.717, 1.165) is 0 Å². The van der Waals surface area contributed by atoms with Crippen LogP contribution in [0.1, 0.15) is 13.3 Å². The zero-order valence-corrected chi connectivity index (χ0v) is 9.59. The summed E-state index contributed by atoms with van der Waals surface area (Å²) in [6.45, 7) is 2.09. The molecule has 1 fully saturated rings. The van der Waals surface area contributed by atoms with Crippen LogP contribution >= 0.6 is 0 Å². The van der Waals surface area contributed by atoms with Crippen molar-refractivity contribution in [1.29, 1.82) is 0 Å². The van der Waals surface area contributed by atoms with Gasteiger partial charge in [0.2, 0.25) is 0 Å². The number of para-hydroxylation sites is 1. The molecular weight excluding hydrogens is 220 g/mol. The molecule has 0 unspecified atom stereocenters. The molecular formula is C13H14O4. The first-order valence-corrected chi connectivity index (χ1v) is 5.65. The van der Waals surface area contributed by atoms with Crippen molar-refractivity contribution in [1.82, 2.24) is 0 Å². The fourth-order valence-corrected chi connectivity index (χ4v) is 1.65. The Hall–Kier alpha value is -1.84. The first-order valence-electron chi connectivity index (χ1n) is 5.65. The topological polar surface area (TPSA) is 52.6 Å². The summed E-state index contributed by atoms with van der Waals surface area (Å²) in [5.41, 5.74) is 0. The van der Waals surface area contributed by atoms with E-state index in [1.54, 1.807) is 31.2 Å². The third-order valence-electron chi connectivity index (χ3n) is 2.64. The lowest BCUT2D eigenvalue weighted by atomic mass is 10.3. The van der Waals surface area contributed by atoms with Gasteiger partial charge in [-0.05, 0) is 25.5 Å². The van der Waals surface area contributed by atoms with Gasteiger partial charge in [0, 0.05) is 0 Å². The van der Waals surface area contributed by atoms with E-state index in [-0.39, 0.29) is 23.8 Å². The van der Waals surface area contributed by atoms with E-state index in [9.17, 15) is 9.59 Å². The molecule has 1 aromatic rings. The van der Waals surface area contributed by atoms with Crippen LogP contribution in [0.15, 0.2) is 30.3 Å². The number of benzene rings is 1. The average Bonchev–Trinajstić information content (AvgIpc) is 3.10. The van der Waals surface area contributed by atoms with Gasteiger partial charge in [-0.1, -0.05) is 18.2 Å². The van der Waals surface area contributed by atoms with Gasteiger partial charge in [-0.25, -0.2) is 0 Å². The highest BCUT2D eigenvalue weighted by molar-refractivity contribution is 5.88. The van der Waals surface area contributed by atoms with Gasteiger partial charge < -0.3 is 9.47 Å². The lowest BCUT2D eigenvalue weighted by Crippen LogP contribution is -2.15. The molecule has 0 aromatic heterocycles. The first-order chi connectivity index (χ1) is 8.22. The Morgan fingerprint density at radius 2 is 1.82 bits per heavy atom. The average molecular weight is 234 g/mol. The summed E-state index contributed by atoms with van der Waals surface area (Å²) in [5.74, 6) is -0.802. The van der Waals surface area contributed by atoms with Gasteiger partial charge in [0.1, 0.15) is 5.75 Å². The zero-order valence-electron chi connectivity index (χ0n) is 9.59. The van der Waals surface area contributed by atoms with Crippen LogP contribution in [0.2, 0.25) is 0 Å². The van der Waals surface area contributed by atoms with Crippen molar-refractivity contribution in [3.63, 3.8) is 0 Å². The van der Waals surface area contributed by atoms with Crippen LogP contribution in [0.5, 0.6) is 5.75 Å². The van der Waals surface area contributed by atoms with Crippen molar-refractivity contribution >= 4 is 11.9 Å². The number of hydrogen-bond donors (Lipinski definition) is 0. The molecule has 90 valence electrons. The Morgan fingerprint density at radius 3 is 2.47 bits per heavy atom. The first kappa shape index (κ1) is 11.6. The van der Waals surface area contributed by atoms with Crippen LogP contribution < -0.4 is 4.74 Å². The Morgan fingerprint density at radius 1 is 1.18 bits per heavy atom. The second-order valence-electron chi connectivity index (χ2n) is 3.93. The molecule has 4 heteroatoms. The Kier molecular flexibility index (Phi) is 3.42. The number of ether oxygens (including phenoxy) is 2. The highest BCUT2D eigenvalue weighted by atomic mass is 16.5. The van der Waals surface area contributed by atoms with E-state index in [1.165, 1.54) is 0 Å². The number of carbonyl (C=O) groups excluding carboxylic acids is 2. The molecule has 0 N–H and O–H groups in total. The van der Waals surface area contributed by atoms with E-state index in [2.05, 4.69) is 0 Å². The van der Waals surface area contributed by atoms with Gasteiger partial charge >= 0.3 is 11.9 Å². The van der Waals surface area contributed by atoms with Crippen molar-refractivity contribution in [2.24, 2.45) is 11.8 Å².